The Morgan fingerprint density at radius 2 is 2.18 bits per heavy atom. The summed E-state index contributed by atoms with van der Waals surface area (Å²) in [4.78, 5) is 8.46. The highest BCUT2D eigenvalue weighted by Gasteiger charge is 2.07. The topological polar surface area (TPSA) is 52.8 Å². The molecule has 0 fully saturated rings. The molecule has 0 bridgehead atoms. The van der Waals surface area contributed by atoms with Crippen LogP contribution < -0.4 is 0 Å². The molecule has 0 amide bonds. The van der Waals surface area contributed by atoms with E-state index in [1.165, 1.54) is 0 Å². The highest BCUT2D eigenvalue weighted by molar-refractivity contribution is 6.29. The Morgan fingerprint density at radius 1 is 1.35 bits per heavy atom. The van der Waals surface area contributed by atoms with Crippen LogP contribution in [0.3, 0.4) is 0 Å². The predicted molar refractivity (Wildman–Crippen MR) is 64.6 cm³/mol. The van der Waals surface area contributed by atoms with Crippen LogP contribution in [0, 0.1) is 0 Å². The molecule has 90 valence electrons. The lowest BCUT2D eigenvalue weighted by molar-refractivity contribution is 0.128. The van der Waals surface area contributed by atoms with E-state index in [-0.39, 0.29) is 0 Å². The van der Waals surface area contributed by atoms with E-state index in [1.807, 2.05) is 26.2 Å². The van der Waals surface area contributed by atoms with Gasteiger partial charge in [0.05, 0.1) is 5.69 Å². The second kappa shape index (κ2) is 5.25. The average molecular weight is 253 g/mol. The van der Waals surface area contributed by atoms with Gasteiger partial charge in [-0.1, -0.05) is 11.6 Å². The van der Waals surface area contributed by atoms with E-state index in [4.69, 9.17) is 16.3 Å². The zero-order valence-electron chi connectivity index (χ0n) is 9.72. The minimum absolute atomic E-state index is 0.358. The lowest BCUT2D eigenvalue weighted by Crippen LogP contribution is -2.01. The van der Waals surface area contributed by atoms with Crippen LogP contribution in [-0.4, -0.2) is 26.4 Å². The van der Waals surface area contributed by atoms with Gasteiger partial charge in [0, 0.05) is 25.9 Å². The van der Waals surface area contributed by atoms with Gasteiger partial charge in [0.2, 0.25) is 0 Å². The third kappa shape index (κ3) is 3.01. The van der Waals surface area contributed by atoms with Crippen molar-refractivity contribution in [1.29, 1.82) is 0 Å². The lowest BCUT2D eigenvalue weighted by atomic mass is 10.3. The smallest absolute Gasteiger partial charge is 0.156 e. The van der Waals surface area contributed by atoms with Crippen LogP contribution in [-0.2, 0) is 18.4 Å². The fraction of sp³-hybridized carbons (Fsp3) is 0.364. The third-order valence-corrected chi connectivity index (χ3v) is 2.35. The van der Waals surface area contributed by atoms with Crippen LogP contribution in [0.2, 0.25) is 5.15 Å². The Bertz CT molecular complexity index is 512. The molecule has 6 heteroatoms. The van der Waals surface area contributed by atoms with Gasteiger partial charge < -0.3 is 4.74 Å². The Morgan fingerprint density at radius 3 is 2.82 bits per heavy atom. The molecule has 0 unspecified atom stereocenters. The summed E-state index contributed by atoms with van der Waals surface area (Å²) in [6.45, 7) is 2.90. The van der Waals surface area contributed by atoms with Crippen LogP contribution in [0.4, 0.5) is 0 Å². The van der Waals surface area contributed by atoms with Crippen molar-refractivity contribution in [3.8, 4) is 11.4 Å². The van der Waals surface area contributed by atoms with Crippen LogP contribution in [0.5, 0.6) is 0 Å². The molecule has 0 aromatic carbocycles. The second-order valence-electron chi connectivity index (χ2n) is 3.50. The summed E-state index contributed by atoms with van der Waals surface area (Å²) in [7, 11) is 1.85. The quantitative estimate of drug-likeness (QED) is 0.782. The van der Waals surface area contributed by atoms with E-state index in [1.54, 1.807) is 10.7 Å². The van der Waals surface area contributed by atoms with Gasteiger partial charge >= 0.3 is 0 Å². The van der Waals surface area contributed by atoms with Crippen molar-refractivity contribution in [3.05, 3.63) is 29.3 Å². The number of ether oxygens (including phenoxy) is 1. The van der Waals surface area contributed by atoms with E-state index < -0.39 is 0 Å². The second-order valence-corrected chi connectivity index (χ2v) is 3.89. The molecule has 17 heavy (non-hydrogen) atoms. The number of rotatable bonds is 4. The Kier molecular flexibility index (Phi) is 3.71. The maximum absolute atomic E-state index is 5.94. The molecule has 0 spiro atoms. The van der Waals surface area contributed by atoms with Crippen molar-refractivity contribution in [2.75, 3.05) is 6.61 Å². The molecule has 0 saturated heterocycles. The standard InChI is InChI=1S/C11H13ClN4O/c1-3-17-7-11-13-9(6-10(12)14-11)8-4-5-16(2)15-8/h4-6H,3,7H2,1-2H3. The maximum Gasteiger partial charge on any atom is 0.156 e. The number of halogens is 1. The van der Waals surface area contributed by atoms with Crippen molar-refractivity contribution in [3.63, 3.8) is 0 Å². The molecule has 2 aromatic heterocycles. The largest absolute Gasteiger partial charge is 0.374 e. The predicted octanol–water partition coefficient (Wildman–Crippen LogP) is 2.07. The van der Waals surface area contributed by atoms with E-state index in [9.17, 15) is 0 Å². The summed E-state index contributed by atoms with van der Waals surface area (Å²) in [6, 6.07) is 3.57. The zero-order valence-corrected chi connectivity index (χ0v) is 10.5. The van der Waals surface area contributed by atoms with Crippen molar-refractivity contribution >= 4 is 11.6 Å². The Hall–Kier alpha value is -1.46. The molecule has 5 nitrogen and oxygen atoms in total. The fourth-order valence-electron chi connectivity index (χ4n) is 1.41. The molecule has 0 atom stereocenters. The molecule has 2 rings (SSSR count). The molecule has 0 saturated carbocycles. The number of aromatic nitrogens is 4. The molecule has 0 N–H and O–H groups in total. The average Bonchev–Trinajstić information content (AvgIpc) is 2.72. The summed E-state index contributed by atoms with van der Waals surface area (Å²) >= 11 is 5.94. The minimum Gasteiger partial charge on any atom is -0.374 e. The molecule has 2 heterocycles. The summed E-state index contributed by atoms with van der Waals surface area (Å²) < 4.78 is 6.98. The van der Waals surface area contributed by atoms with Crippen LogP contribution in [0.1, 0.15) is 12.7 Å². The van der Waals surface area contributed by atoms with Gasteiger partial charge in [0.15, 0.2) is 5.82 Å². The zero-order chi connectivity index (χ0) is 12.3. The molecular weight excluding hydrogens is 240 g/mol. The van der Waals surface area contributed by atoms with Gasteiger partial charge in [-0.3, -0.25) is 4.68 Å². The van der Waals surface area contributed by atoms with Gasteiger partial charge in [-0.15, -0.1) is 0 Å². The molecule has 2 aromatic rings. The number of aryl methyl sites for hydroxylation is 1. The Balaban J connectivity index is 2.31. The minimum atomic E-state index is 0.358. The first kappa shape index (κ1) is 12.0. The highest BCUT2D eigenvalue weighted by Crippen LogP contribution is 2.18. The monoisotopic (exact) mass is 252 g/mol. The fourth-order valence-corrected chi connectivity index (χ4v) is 1.61. The Labute approximate surface area is 104 Å². The number of hydrogen-bond acceptors (Lipinski definition) is 4. The third-order valence-electron chi connectivity index (χ3n) is 2.15. The highest BCUT2D eigenvalue weighted by atomic mass is 35.5. The number of nitrogens with zero attached hydrogens (tertiary/aromatic N) is 4. The van der Waals surface area contributed by atoms with E-state index >= 15 is 0 Å². The molecule has 0 radical (unpaired) electrons. The van der Waals surface area contributed by atoms with Crippen LogP contribution in [0.25, 0.3) is 11.4 Å². The van der Waals surface area contributed by atoms with Gasteiger partial charge in [-0.2, -0.15) is 5.10 Å². The normalized spacial score (nSPS) is 10.8. The summed E-state index contributed by atoms with van der Waals surface area (Å²) in [6.07, 6.45) is 1.85. The first-order valence-corrected chi connectivity index (χ1v) is 5.68. The first-order chi connectivity index (χ1) is 8.19. The molecule has 0 aliphatic rings. The summed E-state index contributed by atoms with van der Waals surface area (Å²) in [5, 5.41) is 4.67. The van der Waals surface area contributed by atoms with E-state index in [0.717, 1.165) is 5.69 Å². The van der Waals surface area contributed by atoms with Crippen LogP contribution in [0.15, 0.2) is 18.3 Å². The van der Waals surface area contributed by atoms with Crippen LogP contribution >= 0.6 is 11.6 Å². The first-order valence-electron chi connectivity index (χ1n) is 5.30. The molecular formula is C11H13ClN4O. The lowest BCUT2D eigenvalue weighted by Gasteiger charge is -2.03. The summed E-state index contributed by atoms with van der Waals surface area (Å²) in [5.41, 5.74) is 1.48. The summed E-state index contributed by atoms with van der Waals surface area (Å²) in [5.74, 6) is 0.569. The maximum atomic E-state index is 5.94. The SMILES string of the molecule is CCOCc1nc(Cl)cc(-c2ccn(C)n2)n1. The van der Waals surface area contributed by atoms with Crippen molar-refractivity contribution in [2.24, 2.45) is 7.05 Å². The van der Waals surface area contributed by atoms with Crippen molar-refractivity contribution in [2.45, 2.75) is 13.5 Å². The van der Waals surface area contributed by atoms with E-state index in [2.05, 4.69) is 15.1 Å². The van der Waals surface area contributed by atoms with Gasteiger partial charge in [0.25, 0.3) is 0 Å². The van der Waals surface area contributed by atoms with Gasteiger partial charge in [-0.25, -0.2) is 9.97 Å². The van der Waals surface area contributed by atoms with Crippen molar-refractivity contribution < 1.29 is 4.74 Å². The van der Waals surface area contributed by atoms with Crippen molar-refractivity contribution in [1.82, 2.24) is 19.7 Å². The molecule has 0 aliphatic heterocycles. The van der Waals surface area contributed by atoms with Gasteiger partial charge in [-0.05, 0) is 13.0 Å². The molecule has 0 aliphatic carbocycles. The number of hydrogen-bond donors (Lipinski definition) is 0. The van der Waals surface area contributed by atoms with E-state index in [0.29, 0.717) is 29.9 Å². The van der Waals surface area contributed by atoms with Gasteiger partial charge in [0.1, 0.15) is 17.5 Å².